The van der Waals surface area contributed by atoms with Crippen LogP contribution in [0.3, 0.4) is 0 Å². The van der Waals surface area contributed by atoms with Gasteiger partial charge in [-0.1, -0.05) is 4.73 Å². The van der Waals surface area contributed by atoms with E-state index in [0.717, 1.165) is 4.73 Å². The second-order valence-electron chi connectivity index (χ2n) is 4.10. The number of imidazole rings is 1. The Hall–Kier alpha value is -2.78. The minimum atomic E-state index is -0.811. The molecule has 3 rings (SSSR count). The number of aromatic nitrogens is 4. The average Bonchev–Trinajstić information content (AvgIpc) is 2.78. The van der Waals surface area contributed by atoms with Crippen molar-refractivity contribution < 1.29 is 14.5 Å². The molecule has 106 valence electrons. The topological polar surface area (TPSA) is 109 Å². The first kappa shape index (κ1) is 12.3. The van der Waals surface area contributed by atoms with Crippen LogP contribution in [-0.2, 0) is 11.3 Å². The molecule has 20 heavy (non-hydrogen) atoms. The van der Waals surface area contributed by atoms with Gasteiger partial charge in [0.05, 0.1) is 0 Å². The molecular weight excluding hydrogens is 270 g/mol. The molecule has 0 bridgehead atoms. The summed E-state index contributed by atoms with van der Waals surface area (Å²) >= 11 is 0. The van der Waals surface area contributed by atoms with Gasteiger partial charge in [-0.2, -0.15) is 4.98 Å². The lowest BCUT2D eigenvalue weighted by atomic mass is 10.3. The SMILES string of the molecule is COn1c(=O)c2c(nc3n2CCC(=O)N3)n(OC)c1=O. The zero-order valence-electron chi connectivity index (χ0n) is 10.7. The number of carbonyl (C=O) groups excluding carboxylic acids is 1. The van der Waals surface area contributed by atoms with Gasteiger partial charge < -0.3 is 14.2 Å². The summed E-state index contributed by atoms with van der Waals surface area (Å²) in [5.41, 5.74) is -1.30. The molecule has 0 fully saturated rings. The largest absolute Gasteiger partial charge is 0.411 e. The van der Waals surface area contributed by atoms with E-state index in [2.05, 4.69) is 10.3 Å². The second kappa shape index (κ2) is 4.11. The van der Waals surface area contributed by atoms with Crippen molar-refractivity contribution in [3.8, 4) is 0 Å². The molecule has 0 atom stereocenters. The lowest BCUT2D eigenvalue weighted by molar-refractivity contribution is -0.116. The number of anilines is 1. The Balaban J connectivity index is 2.48. The van der Waals surface area contributed by atoms with Gasteiger partial charge in [-0.05, 0) is 0 Å². The molecule has 0 unspecified atom stereocenters. The quantitative estimate of drug-likeness (QED) is 0.670. The van der Waals surface area contributed by atoms with Gasteiger partial charge in [0.1, 0.15) is 14.2 Å². The van der Waals surface area contributed by atoms with Crippen LogP contribution in [0.1, 0.15) is 6.42 Å². The molecule has 2 aromatic rings. The monoisotopic (exact) mass is 281 g/mol. The molecule has 0 spiro atoms. The van der Waals surface area contributed by atoms with Crippen LogP contribution in [-0.4, -0.2) is 39.1 Å². The Morgan fingerprint density at radius 1 is 1.15 bits per heavy atom. The van der Waals surface area contributed by atoms with Crippen LogP contribution in [0.5, 0.6) is 0 Å². The van der Waals surface area contributed by atoms with Gasteiger partial charge in [-0.3, -0.25) is 14.9 Å². The summed E-state index contributed by atoms with van der Waals surface area (Å²) in [7, 11) is 2.46. The van der Waals surface area contributed by atoms with Crippen LogP contribution >= 0.6 is 0 Å². The first-order valence-electron chi connectivity index (χ1n) is 5.75. The van der Waals surface area contributed by atoms with Crippen molar-refractivity contribution in [3.05, 3.63) is 20.8 Å². The zero-order chi connectivity index (χ0) is 14.4. The molecule has 3 heterocycles. The van der Waals surface area contributed by atoms with E-state index in [1.165, 1.54) is 18.8 Å². The van der Waals surface area contributed by atoms with Crippen molar-refractivity contribution in [2.75, 3.05) is 19.5 Å². The molecule has 2 aromatic heterocycles. The van der Waals surface area contributed by atoms with Crippen LogP contribution in [0.25, 0.3) is 11.2 Å². The predicted octanol–water partition coefficient (Wildman–Crippen LogP) is -2.18. The van der Waals surface area contributed by atoms with Gasteiger partial charge in [-0.25, -0.2) is 4.79 Å². The van der Waals surface area contributed by atoms with Gasteiger partial charge in [0.25, 0.3) is 0 Å². The maximum Gasteiger partial charge on any atom is 0.399 e. The van der Waals surface area contributed by atoms with E-state index in [9.17, 15) is 14.4 Å². The summed E-state index contributed by atoms with van der Waals surface area (Å²) in [5, 5.41) is 2.54. The second-order valence-corrected chi connectivity index (χ2v) is 4.10. The molecule has 1 amide bonds. The number of hydrogen-bond donors (Lipinski definition) is 1. The first-order valence-corrected chi connectivity index (χ1v) is 5.75. The zero-order valence-corrected chi connectivity index (χ0v) is 10.7. The summed E-state index contributed by atoms with van der Waals surface area (Å²) in [5.74, 6) is -0.00131. The van der Waals surface area contributed by atoms with Gasteiger partial charge in [0.15, 0.2) is 5.52 Å². The van der Waals surface area contributed by atoms with Gasteiger partial charge in [-0.15, -0.1) is 4.73 Å². The van der Waals surface area contributed by atoms with E-state index in [1.807, 2.05) is 0 Å². The highest BCUT2D eigenvalue weighted by Gasteiger charge is 2.26. The molecule has 0 aliphatic carbocycles. The van der Waals surface area contributed by atoms with E-state index >= 15 is 0 Å². The number of rotatable bonds is 2. The molecule has 0 saturated heterocycles. The third-order valence-electron chi connectivity index (χ3n) is 3.05. The minimum absolute atomic E-state index is 0.0352. The Labute approximate surface area is 111 Å². The van der Waals surface area contributed by atoms with Crippen LogP contribution in [0.15, 0.2) is 9.59 Å². The lowest BCUT2D eigenvalue weighted by Gasteiger charge is -2.14. The van der Waals surface area contributed by atoms with Gasteiger partial charge in [0, 0.05) is 13.0 Å². The Kier molecular flexibility index (Phi) is 2.52. The molecule has 1 N–H and O–H groups in total. The fourth-order valence-corrected chi connectivity index (χ4v) is 2.19. The van der Waals surface area contributed by atoms with Crippen molar-refractivity contribution in [2.45, 2.75) is 13.0 Å². The number of aryl methyl sites for hydroxylation is 1. The van der Waals surface area contributed by atoms with E-state index in [4.69, 9.17) is 9.68 Å². The third kappa shape index (κ3) is 1.44. The summed E-state index contributed by atoms with van der Waals surface area (Å²) in [4.78, 5) is 49.4. The third-order valence-corrected chi connectivity index (χ3v) is 3.05. The molecule has 0 saturated carbocycles. The molecule has 0 aromatic carbocycles. The standard InChI is InChI=1S/C10H11N5O5/c1-19-14-7-6(8(17)15(20-2)10(14)18)13-4-3-5(16)11-9(13)12-7/h3-4H2,1-2H3,(H,11,12,16). The van der Waals surface area contributed by atoms with Crippen molar-refractivity contribution >= 4 is 23.0 Å². The highest BCUT2D eigenvalue weighted by molar-refractivity contribution is 5.92. The maximum atomic E-state index is 12.3. The van der Waals surface area contributed by atoms with Crippen LogP contribution in [0, 0.1) is 0 Å². The van der Waals surface area contributed by atoms with E-state index in [0.29, 0.717) is 11.3 Å². The number of hydrogen-bond acceptors (Lipinski definition) is 6. The maximum absolute atomic E-state index is 12.3. The predicted molar refractivity (Wildman–Crippen MR) is 66.5 cm³/mol. The Morgan fingerprint density at radius 2 is 1.85 bits per heavy atom. The highest BCUT2D eigenvalue weighted by Crippen LogP contribution is 2.19. The number of fused-ring (bicyclic) bond motifs is 3. The summed E-state index contributed by atoms with van der Waals surface area (Å²) in [6.07, 6.45) is 0.219. The summed E-state index contributed by atoms with van der Waals surface area (Å²) < 4.78 is 2.92. The number of amides is 1. The fraction of sp³-hybridized carbons (Fsp3) is 0.400. The molecular formula is C10H11N5O5. The Morgan fingerprint density at radius 3 is 2.50 bits per heavy atom. The average molecular weight is 281 g/mol. The van der Waals surface area contributed by atoms with Crippen LogP contribution < -0.4 is 26.2 Å². The highest BCUT2D eigenvalue weighted by atomic mass is 16.7. The van der Waals surface area contributed by atoms with Crippen molar-refractivity contribution in [3.63, 3.8) is 0 Å². The van der Waals surface area contributed by atoms with E-state index < -0.39 is 11.2 Å². The molecule has 1 aliphatic heterocycles. The molecule has 10 nitrogen and oxygen atoms in total. The van der Waals surface area contributed by atoms with E-state index in [1.54, 1.807) is 0 Å². The summed E-state index contributed by atoms with van der Waals surface area (Å²) in [6, 6.07) is 0. The molecule has 1 aliphatic rings. The lowest BCUT2D eigenvalue weighted by Crippen LogP contribution is -2.44. The normalized spacial score (nSPS) is 14.0. The number of nitrogens with zero attached hydrogens (tertiary/aromatic N) is 4. The smallest absolute Gasteiger partial charge is 0.399 e. The Bertz CT molecular complexity index is 829. The van der Waals surface area contributed by atoms with Crippen molar-refractivity contribution in [1.29, 1.82) is 0 Å². The van der Waals surface area contributed by atoms with Gasteiger partial charge in [0.2, 0.25) is 17.5 Å². The summed E-state index contributed by atoms with van der Waals surface area (Å²) in [6.45, 7) is 0.290. The van der Waals surface area contributed by atoms with Gasteiger partial charge >= 0.3 is 11.2 Å². The van der Waals surface area contributed by atoms with Crippen LogP contribution in [0.2, 0.25) is 0 Å². The van der Waals surface area contributed by atoms with E-state index in [-0.39, 0.29) is 29.4 Å². The molecule has 0 radical (unpaired) electrons. The van der Waals surface area contributed by atoms with Crippen molar-refractivity contribution in [1.82, 2.24) is 19.0 Å². The molecule has 10 heteroatoms. The van der Waals surface area contributed by atoms with Crippen molar-refractivity contribution in [2.24, 2.45) is 0 Å². The first-order chi connectivity index (χ1) is 9.58. The number of carbonyl (C=O) groups is 1. The van der Waals surface area contributed by atoms with Crippen LogP contribution in [0.4, 0.5) is 5.95 Å². The fourth-order valence-electron chi connectivity index (χ4n) is 2.19. The minimum Gasteiger partial charge on any atom is -0.411 e. The number of nitrogens with one attached hydrogen (secondary N) is 1.